The molecule has 0 aliphatic carbocycles. The Labute approximate surface area is 114 Å². The first-order valence-electron chi connectivity index (χ1n) is 6.79. The van der Waals surface area contributed by atoms with Crippen molar-refractivity contribution in [3.05, 3.63) is 24.3 Å². The zero-order chi connectivity index (χ0) is 13.2. The lowest BCUT2D eigenvalue weighted by Crippen LogP contribution is -2.34. The van der Waals surface area contributed by atoms with Gasteiger partial charge in [-0.3, -0.25) is 4.57 Å². The number of nitrogens with zero attached hydrogens (tertiary/aromatic N) is 1. The molecule has 2 saturated heterocycles. The summed E-state index contributed by atoms with van der Waals surface area (Å²) in [7, 11) is -1.31. The summed E-state index contributed by atoms with van der Waals surface area (Å²) < 4.78 is 22.9. The average Bonchev–Trinajstić information content (AvgIpc) is 3.32. The Kier molecular flexibility index (Phi) is 3.83. The van der Waals surface area contributed by atoms with Gasteiger partial charge in [-0.2, -0.15) is 0 Å². The van der Waals surface area contributed by atoms with Gasteiger partial charge in [0.2, 0.25) is 0 Å². The summed E-state index contributed by atoms with van der Waals surface area (Å²) in [6.07, 6.45) is 1.33. The quantitative estimate of drug-likeness (QED) is 0.564. The van der Waals surface area contributed by atoms with E-state index in [2.05, 4.69) is 11.0 Å². The molecule has 1 radical (unpaired) electrons. The molecule has 1 aromatic rings. The molecule has 3 atom stereocenters. The van der Waals surface area contributed by atoms with Crippen LogP contribution >= 0.6 is 7.80 Å². The molecule has 0 bridgehead atoms. The fourth-order valence-electron chi connectivity index (χ4n) is 2.22. The van der Waals surface area contributed by atoms with E-state index in [0.29, 0.717) is 18.4 Å². The first kappa shape index (κ1) is 13.0. The van der Waals surface area contributed by atoms with Crippen molar-refractivity contribution in [2.45, 2.75) is 19.1 Å². The third-order valence-electron chi connectivity index (χ3n) is 3.43. The zero-order valence-electron chi connectivity index (χ0n) is 11.1. The monoisotopic (exact) mass is 280 g/mol. The highest BCUT2D eigenvalue weighted by Gasteiger charge is 2.32. The molecule has 5 heteroatoms. The van der Waals surface area contributed by atoms with Crippen molar-refractivity contribution in [2.24, 2.45) is 0 Å². The van der Waals surface area contributed by atoms with Crippen LogP contribution in [0.25, 0.3) is 0 Å². The van der Waals surface area contributed by atoms with Crippen molar-refractivity contribution >= 4 is 18.8 Å². The molecule has 0 spiro atoms. The molecule has 3 unspecified atom stereocenters. The lowest BCUT2D eigenvalue weighted by molar-refractivity contribution is 0.389. The first-order chi connectivity index (χ1) is 9.28. The van der Waals surface area contributed by atoms with E-state index in [1.54, 1.807) is 0 Å². The molecule has 2 aliphatic heterocycles. The normalized spacial score (nSPS) is 25.0. The summed E-state index contributed by atoms with van der Waals surface area (Å²) in [6, 6.07) is 8.00. The van der Waals surface area contributed by atoms with E-state index in [1.165, 1.54) is 0 Å². The fraction of sp³-hybridized carbons (Fsp3) is 0.571. The minimum absolute atomic E-state index is 0.325. The molecule has 103 valence electrons. The van der Waals surface area contributed by atoms with E-state index in [0.717, 1.165) is 37.3 Å². The van der Waals surface area contributed by atoms with Gasteiger partial charge in [0, 0.05) is 19.3 Å². The zero-order valence-corrected chi connectivity index (χ0v) is 12.0. The topological polar surface area (TPSA) is 45.4 Å². The van der Waals surface area contributed by atoms with Crippen molar-refractivity contribution < 1.29 is 14.0 Å². The Bertz CT molecular complexity index is 458. The Morgan fingerprint density at radius 3 is 2.32 bits per heavy atom. The summed E-state index contributed by atoms with van der Waals surface area (Å²) >= 11 is 0. The Morgan fingerprint density at radius 2 is 1.79 bits per heavy atom. The molecule has 3 rings (SSSR count). The van der Waals surface area contributed by atoms with E-state index in [4.69, 9.17) is 9.47 Å². The van der Waals surface area contributed by atoms with Crippen LogP contribution in [-0.2, 0) is 14.0 Å². The summed E-state index contributed by atoms with van der Waals surface area (Å²) in [6.45, 7) is 5.37. The van der Waals surface area contributed by atoms with Crippen LogP contribution < -0.4 is 10.2 Å². The maximum atomic E-state index is 12.2. The summed E-state index contributed by atoms with van der Waals surface area (Å²) in [5.74, 6) is 0. The summed E-state index contributed by atoms with van der Waals surface area (Å²) in [5, 5.41) is 0.960. The van der Waals surface area contributed by atoms with Crippen molar-refractivity contribution in [1.29, 1.82) is 0 Å². The van der Waals surface area contributed by atoms with Crippen LogP contribution in [0.1, 0.15) is 6.92 Å². The van der Waals surface area contributed by atoms with Gasteiger partial charge in [0.1, 0.15) is 7.80 Å². The number of para-hydroxylation sites is 1. The van der Waals surface area contributed by atoms with Crippen LogP contribution in [-0.4, -0.2) is 44.7 Å². The van der Waals surface area contributed by atoms with Crippen LogP contribution in [0, 0.1) is 0 Å². The largest absolute Gasteiger partial charge is 0.371 e. The third-order valence-corrected chi connectivity index (χ3v) is 4.92. The van der Waals surface area contributed by atoms with E-state index in [9.17, 15) is 4.57 Å². The molecule has 0 saturated carbocycles. The van der Waals surface area contributed by atoms with Gasteiger partial charge in [-0.15, -0.1) is 0 Å². The molecule has 2 aliphatic rings. The second-order valence-corrected chi connectivity index (χ2v) is 6.87. The maximum Gasteiger partial charge on any atom is 0.106 e. The number of anilines is 1. The third kappa shape index (κ3) is 3.33. The molecule has 0 N–H and O–H groups in total. The van der Waals surface area contributed by atoms with Gasteiger partial charge in [0.25, 0.3) is 0 Å². The van der Waals surface area contributed by atoms with Gasteiger partial charge in [0.15, 0.2) is 0 Å². The van der Waals surface area contributed by atoms with E-state index in [-0.39, 0.29) is 0 Å². The predicted octanol–water partition coefficient (Wildman–Crippen LogP) is 1.76. The molecule has 2 heterocycles. The lowest BCUT2D eigenvalue weighted by Gasteiger charge is -2.25. The van der Waals surface area contributed by atoms with E-state index >= 15 is 0 Å². The van der Waals surface area contributed by atoms with E-state index in [1.807, 2.05) is 25.1 Å². The standard InChI is InChI=1S/C14H19NO3P/c1-2-19(16)14-6-4-3-5-13(14)15(7-11-9-17-11)8-12-10-18-12/h3-6,11-12H,2,7-10H2,1H3. The number of ether oxygens (including phenoxy) is 2. The highest BCUT2D eigenvalue weighted by Crippen LogP contribution is 2.28. The average molecular weight is 280 g/mol. The summed E-state index contributed by atoms with van der Waals surface area (Å²) in [4.78, 5) is 2.27. The molecular formula is C14H19NO3P. The molecule has 4 nitrogen and oxygen atoms in total. The number of epoxide rings is 2. The fourth-order valence-corrected chi connectivity index (χ4v) is 3.29. The lowest BCUT2D eigenvalue weighted by atomic mass is 10.2. The Hall–Kier alpha value is -0.960. The van der Waals surface area contributed by atoms with Gasteiger partial charge in [-0.25, -0.2) is 0 Å². The van der Waals surface area contributed by atoms with Gasteiger partial charge < -0.3 is 14.4 Å². The summed E-state index contributed by atoms with van der Waals surface area (Å²) in [5.41, 5.74) is 1.08. The van der Waals surface area contributed by atoms with Crippen molar-refractivity contribution in [3.8, 4) is 0 Å². The SMILES string of the molecule is CC[P](=O)c1ccccc1N(CC1CO1)CC1CO1. The molecule has 2 fully saturated rings. The minimum Gasteiger partial charge on any atom is -0.371 e. The van der Waals surface area contributed by atoms with Crippen molar-refractivity contribution in [2.75, 3.05) is 37.4 Å². The van der Waals surface area contributed by atoms with Gasteiger partial charge in [0.05, 0.1) is 36.4 Å². The van der Waals surface area contributed by atoms with Crippen LogP contribution in [0.3, 0.4) is 0 Å². The molecule has 19 heavy (non-hydrogen) atoms. The number of hydrogen-bond donors (Lipinski definition) is 0. The Morgan fingerprint density at radius 1 is 1.21 bits per heavy atom. The van der Waals surface area contributed by atoms with E-state index < -0.39 is 7.80 Å². The number of benzene rings is 1. The molecule has 1 aromatic carbocycles. The second kappa shape index (κ2) is 5.58. The van der Waals surface area contributed by atoms with Crippen LogP contribution in [0.2, 0.25) is 0 Å². The smallest absolute Gasteiger partial charge is 0.106 e. The van der Waals surface area contributed by atoms with Crippen LogP contribution in [0.4, 0.5) is 5.69 Å². The van der Waals surface area contributed by atoms with Crippen molar-refractivity contribution in [3.63, 3.8) is 0 Å². The molecule has 0 amide bonds. The van der Waals surface area contributed by atoms with Crippen LogP contribution in [0.5, 0.6) is 0 Å². The highest BCUT2D eigenvalue weighted by molar-refractivity contribution is 7.53. The van der Waals surface area contributed by atoms with Gasteiger partial charge >= 0.3 is 0 Å². The first-order valence-corrected chi connectivity index (χ1v) is 8.24. The number of hydrogen-bond acceptors (Lipinski definition) is 4. The Balaban J connectivity index is 1.84. The van der Waals surface area contributed by atoms with Crippen LogP contribution in [0.15, 0.2) is 24.3 Å². The van der Waals surface area contributed by atoms with Gasteiger partial charge in [-0.1, -0.05) is 19.1 Å². The van der Waals surface area contributed by atoms with Gasteiger partial charge in [-0.05, 0) is 12.1 Å². The predicted molar refractivity (Wildman–Crippen MR) is 75.9 cm³/mol. The second-order valence-electron chi connectivity index (χ2n) is 5.00. The highest BCUT2D eigenvalue weighted by atomic mass is 31.1. The minimum atomic E-state index is -1.31. The maximum absolute atomic E-state index is 12.2. The van der Waals surface area contributed by atoms with Crippen molar-refractivity contribution in [1.82, 2.24) is 0 Å². The molecular weight excluding hydrogens is 261 g/mol. The molecule has 0 aromatic heterocycles. The number of rotatable bonds is 7.